The van der Waals surface area contributed by atoms with Gasteiger partial charge in [0.15, 0.2) is 0 Å². The second kappa shape index (κ2) is 6.39. The molecule has 0 aliphatic carbocycles. The number of amides is 1. The number of morpholine rings is 1. The van der Waals surface area contributed by atoms with Gasteiger partial charge in [-0.15, -0.1) is 0 Å². The Morgan fingerprint density at radius 1 is 1.70 bits per heavy atom. The Morgan fingerprint density at radius 2 is 2.45 bits per heavy atom. The fourth-order valence-corrected chi connectivity index (χ4v) is 2.29. The van der Waals surface area contributed by atoms with Crippen LogP contribution in [0, 0.1) is 0 Å². The second-order valence-corrected chi connectivity index (χ2v) is 5.15. The van der Waals surface area contributed by atoms with E-state index >= 15 is 0 Å². The van der Waals surface area contributed by atoms with Gasteiger partial charge in [-0.2, -0.15) is 0 Å². The molecule has 1 aliphatic heterocycles. The number of ether oxygens (including phenoxy) is 1. The number of aliphatic hydroxyl groups is 1. The fraction of sp³-hybridized carbons (Fsp3) is 0.538. The maximum absolute atomic E-state index is 12.6. The molecule has 1 saturated heterocycles. The van der Waals surface area contributed by atoms with Crippen molar-refractivity contribution in [2.24, 2.45) is 0 Å². The van der Waals surface area contributed by atoms with Crippen LogP contribution in [-0.2, 0) is 4.74 Å². The average Bonchev–Trinajstić information content (AvgIpc) is 2.47. The number of carbonyl (C=O) groups excluding carboxylic acids is 1. The van der Waals surface area contributed by atoms with Crippen LogP contribution in [0.1, 0.15) is 17.3 Å². The lowest BCUT2D eigenvalue weighted by molar-refractivity contribution is -0.0667. The van der Waals surface area contributed by atoms with Crippen LogP contribution in [0.4, 0.5) is 5.82 Å². The Labute approximate surface area is 122 Å². The zero-order valence-electron chi connectivity index (χ0n) is 11.5. The minimum Gasteiger partial charge on any atom is -0.394 e. The molecule has 1 aromatic heterocycles. The highest BCUT2D eigenvalue weighted by atomic mass is 35.5. The average molecular weight is 300 g/mol. The van der Waals surface area contributed by atoms with E-state index in [-0.39, 0.29) is 24.7 Å². The van der Waals surface area contributed by atoms with Crippen LogP contribution in [0.15, 0.2) is 12.3 Å². The Bertz CT molecular complexity index is 498. The molecule has 0 saturated carbocycles. The normalized spacial score (nSPS) is 22.7. The lowest BCUT2D eigenvalue weighted by atomic mass is 10.1. The highest BCUT2D eigenvalue weighted by molar-refractivity contribution is 6.33. The molecule has 1 amide bonds. The maximum Gasteiger partial charge on any atom is 0.255 e. The molecule has 7 heteroatoms. The molecule has 1 aliphatic rings. The van der Waals surface area contributed by atoms with E-state index in [0.29, 0.717) is 29.6 Å². The Morgan fingerprint density at radius 3 is 3.10 bits per heavy atom. The number of aliphatic hydroxyl groups excluding tert-OH is 1. The number of hydrogen-bond acceptors (Lipinski definition) is 5. The molecule has 20 heavy (non-hydrogen) atoms. The number of pyridine rings is 1. The van der Waals surface area contributed by atoms with Gasteiger partial charge in [-0.1, -0.05) is 11.6 Å². The van der Waals surface area contributed by atoms with Crippen molar-refractivity contribution in [2.45, 2.75) is 19.1 Å². The van der Waals surface area contributed by atoms with Crippen LogP contribution in [0.3, 0.4) is 0 Å². The number of anilines is 1. The van der Waals surface area contributed by atoms with Crippen LogP contribution in [0.5, 0.6) is 0 Å². The van der Waals surface area contributed by atoms with Crippen LogP contribution < -0.4 is 5.32 Å². The van der Waals surface area contributed by atoms with Crippen molar-refractivity contribution >= 4 is 23.3 Å². The molecule has 0 aromatic carbocycles. The van der Waals surface area contributed by atoms with Crippen LogP contribution in [-0.4, -0.2) is 59.8 Å². The molecule has 1 fully saturated rings. The van der Waals surface area contributed by atoms with E-state index in [2.05, 4.69) is 10.3 Å². The first-order valence-electron chi connectivity index (χ1n) is 6.43. The van der Waals surface area contributed by atoms with Crippen LogP contribution in [0.25, 0.3) is 0 Å². The molecular formula is C13H18ClN3O3. The van der Waals surface area contributed by atoms with Gasteiger partial charge in [-0.25, -0.2) is 4.98 Å². The molecule has 2 atom stereocenters. The first-order valence-corrected chi connectivity index (χ1v) is 6.81. The summed E-state index contributed by atoms with van der Waals surface area (Å²) >= 11 is 6.07. The molecule has 0 bridgehead atoms. The molecule has 110 valence electrons. The second-order valence-electron chi connectivity index (χ2n) is 4.74. The molecule has 0 radical (unpaired) electrons. The molecule has 2 heterocycles. The number of aromatic nitrogens is 1. The monoisotopic (exact) mass is 299 g/mol. The third kappa shape index (κ3) is 3.03. The van der Waals surface area contributed by atoms with Crippen LogP contribution in [0.2, 0.25) is 5.02 Å². The SMILES string of the molecule is CNc1cc(C(=O)N2CC(CO)OCC2C)c(Cl)cn1. The predicted molar refractivity (Wildman–Crippen MR) is 76.1 cm³/mol. The van der Waals surface area contributed by atoms with Gasteiger partial charge in [0.25, 0.3) is 5.91 Å². The summed E-state index contributed by atoms with van der Waals surface area (Å²) in [5.74, 6) is 0.403. The van der Waals surface area contributed by atoms with Gasteiger partial charge in [0.1, 0.15) is 5.82 Å². The lowest BCUT2D eigenvalue weighted by Crippen LogP contribution is -2.52. The van der Waals surface area contributed by atoms with Crippen molar-refractivity contribution in [1.29, 1.82) is 0 Å². The van der Waals surface area contributed by atoms with Crippen molar-refractivity contribution in [1.82, 2.24) is 9.88 Å². The zero-order chi connectivity index (χ0) is 14.7. The largest absolute Gasteiger partial charge is 0.394 e. The quantitative estimate of drug-likeness (QED) is 0.871. The summed E-state index contributed by atoms with van der Waals surface area (Å²) in [7, 11) is 1.73. The summed E-state index contributed by atoms with van der Waals surface area (Å²) in [4.78, 5) is 18.3. The van der Waals surface area contributed by atoms with Crippen molar-refractivity contribution in [2.75, 3.05) is 32.1 Å². The van der Waals surface area contributed by atoms with Gasteiger partial charge in [0, 0.05) is 19.8 Å². The van der Waals surface area contributed by atoms with Gasteiger partial charge in [-0.3, -0.25) is 4.79 Å². The van der Waals surface area contributed by atoms with E-state index in [0.717, 1.165) is 0 Å². The minimum absolute atomic E-state index is 0.0624. The summed E-state index contributed by atoms with van der Waals surface area (Å²) in [6.45, 7) is 2.55. The maximum atomic E-state index is 12.6. The number of halogens is 1. The van der Waals surface area contributed by atoms with Crippen molar-refractivity contribution < 1.29 is 14.6 Å². The van der Waals surface area contributed by atoms with E-state index in [9.17, 15) is 9.90 Å². The topological polar surface area (TPSA) is 74.7 Å². The third-order valence-electron chi connectivity index (χ3n) is 3.31. The van der Waals surface area contributed by atoms with Gasteiger partial charge in [0.2, 0.25) is 0 Å². The summed E-state index contributed by atoms with van der Waals surface area (Å²) in [5, 5.41) is 12.4. The van der Waals surface area contributed by atoms with E-state index in [1.54, 1.807) is 18.0 Å². The van der Waals surface area contributed by atoms with Crippen LogP contribution >= 0.6 is 11.6 Å². The van der Waals surface area contributed by atoms with Gasteiger partial charge in [-0.05, 0) is 13.0 Å². The van der Waals surface area contributed by atoms with Gasteiger partial charge in [0.05, 0.1) is 35.9 Å². The number of nitrogens with zero attached hydrogens (tertiary/aromatic N) is 2. The summed E-state index contributed by atoms with van der Waals surface area (Å²) in [6.07, 6.45) is 1.11. The predicted octanol–water partition coefficient (Wildman–Crippen LogP) is 0.999. The molecule has 2 unspecified atom stereocenters. The van der Waals surface area contributed by atoms with Gasteiger partial charge < -0.3 is 20.1 Å². The molecule has 2 N–H and O–H groups in total. The first-order chi connectivity index (χ1) is 9.56. The summed E-state index contributed by atoms with van der Waals surface area (Å²) in [6, 6.07) is 1.56. The fourth-order valence-electron chi connectivity index (χ4n) is 2.10. The Hall–Kier alpha value is -1.37. The van der Waals surface area contributed by atoms with E-state index in [1.165, 1.54) is 6.20 Å². The van der Waals surface area contributed by atoms with Gasteiger partial charge >= 0.3 is 0 Å². The lowest BCUT2D eigenvalue weighted by Gasteiger charge is -2.37. The third-order valence-corrected chi connectivity index (χ3v) is 3.61. The van der Waals surface area contributed by atoms with E-state index < -0.39 is 0 Å². The van der Waals surface area contributed by atoms with E-state index in [1.807, 2.05) is 6.92 Å². The molecule has 1 aromatic rings. The van der Waals surface area contributed by atoms with Crippen molar-refractivity contribution in [3.8, 4) is 0 Å². The number of carbonyl (C=O) groups is 1. The highest BCUT2D eigenvalue weighted by Crippen LogP contribution is 2.22. The summed E-state index contributed by atoms with van der Waals surface area (Å²) < 4.78 is 5.43. The number of nitrogens with one attached hydrogen (secondary N) is 1. The standard InChI is InChI=1S/C13H18ClN3O3/c1-8-7-20-9(6-18)5-17(8)13(19)10-3-12(15-2)16-4-11(10)14/h3-4,8-9,18H,5-7H2,1-2H3,(H,15,16). The first kappa shape index (κ1) is 15.0. The zero-order valence-corrected chi connectivity index (χ0v) is 12.2. The minimum atomic E-state index is -0.348. The van der Waals surface area contributed by atoms with Crippen molar-refractivity contribution in [3.63, 3.8) is 0 Å². The Kier molecular flexibility index (Phi) is 4.80. The Balaban J connectivity index is 2.25. The number of rotatable bonds is 3. The molecular weight excluding hydrogens is 282 g/mol. The molecule has 6 nitrogen and oxygen atoms in total. The molecule has 0 spiro atoms. The smallest absolute Gasteiger partial charge is 0.255 e. The highest BCUT2D eigenvalue weighted by Gasteiger charge is 2.31. The van der Waals surface area contributed by atoms with E-state index in [4.69, 9.17) is 16.3 Å². The summed E-state index contributed by atoms with van der Waals surface area (Å²) in [5.41, 5.74) is 0.399. The molecule has 2 rings (SSSR count). The number of hydrogen-bond donors (Lipinski definition) is 2. The van der Waals surface area contributed by atoms with Crippen molar-refractivity contribution in [3.05, 3.63) is 22.8 Å².